The van der Waals surface area contributed by atoms with Gasteiger partial charge < -0.3 is 9.97 Å². The summed E-state index contributed by atoms with van der Waals surface area (Å²) in [6, 6.07) is 42.3. The van der Waals surface area contributed by atoms with Crippen LogP contribution in [-0.4, -0.2) is 19.9 Å². The van der Waals surface area contributed by atoms with Crippen LogP contribution in [0.15, 0.2) is 148 Å². The Morgan fingerprint density at radius 2 is 0.589 bits per heavy atom. The van der Waals surface area contributed by atoms with Crippen molar-refractivity contribution in [1.82, 2.24) is 19.9 Å². The van der Waals surface area contributed by atoms with Crippen LogP contribution >= 0.6 is 0 Å². The van der Waals surface area contributed by atoms with E-state index < -0.39 is 0 Å². The van der Waals surface area contributed by atoms with E-state index in [-0.39, 0.29) is 0 Å². The number of hydrogen-bond acceptors (Lipinski definition) is 2. The fraction of sp³-hybridized carbons (Fsp3) is 0. The van der Waals surface area contributed by atoms with Crippen molar-refractivity contribution in [3.05, 3.63) is 193 Å². The molecule has 4 aromatic carbocycles. The van der Waals surface area contributed by atoms with E-state index in [1.54, 1.807) is 0 Å². The Bertz CT molecular complexity index is 2600. The number of nitrogens with one attached hydrogen (secondary N) is 2. The van der Waals surface area contributed by atoms with E-state index in [0.717, 1.165) is 112 Å². The summed E-state index contributed by atoms with van der Waals surface area (Å²) in [5, 5.41) is 0. The lowest BCUT2D eigenvalue weighted by Gasteiger charge is -2.08. The lowest BCUT2D eigenvalue weighted by molar-refractivity contribution is 1.31. The van der Waals surface area contributed by atoms with Crippen LogP contribution in [-0.2, 0) is 0 Å². The molecule has 5 heterocycles. The van der Waals surface area contributed by atoms with Crippen molar-refractivity contribution < 1.29 is 0 Å². The molecule has 2 N–H and O–H groups in total. The third kappa shape index (κ3) is 6.19. The van der Waals surface area contributed by atoms with Crippen molar-refractivity contribution in [2.75, 3.05) is 0 Å². The monoisotopic (exact) mass is 718 g/mol. The minimum atomic E-state index is 0.850. The summed E-state index contributed by atoms with van der Waals surface area (Å²) in [4.78, 5) is 18.5. The zero-order chi connectivity index (χ0) is 38.2. The van der Waals surface area contributed by atoms with Gasteiger partial charge >= 0.3 is 0 Å². The Hall–Kier alpha value is -7.56. The number of aromatic nitrogens is 4. The maximum Gasteiger partial charge on any atom is 0.0737 e. The molecule has 9 rings (SSSR count). The number of hydrogen-bond donors (Lipinski definition) is 2. The van der Waals surface area contributed by atoms with E-state index in [4.69, 9.17) is 9.97 Å². The summed E-state index contributed by atoms with van der Waals surface area (Å²) in [7, 11) is 0. The molecule has 0 spiro atoms. The Morgan fingerprint density at radius 3 is 0.821 bits per heavy atom. The van der Waals surface area contributed by atoms with Gasteiger partial charge in [-0.3, -0.25) is 0 Å². The van der Waals surface area contributed by atoms with Crippen LogP contribution in [0.1, 0.15) is 45.0 Å². The highest BCUT2D eigenvalue weighted by Gasteiger charge is 2.19. The predicted molar refractivity (Wildman–Crippen MR) is 241 cm³/mol. The number of fused-ring (bicyclic) bond motifs is 8. The number of rotatable bonds is 8. The van der Waals surface area contributed by atoms with Crippen molar-refractivity contribution in [2.24, 2.45) is 0 Å². The fourth-order valence-electron chi connectivity index (χ4n) is 7.70. The van der Waals surface area contributed by atoms with Gasteiger partial charge in [0.05, 0.1) is 22.8 Å². The van der Waals surface area contributed by atoms with Crippen molar-refractivity contribution in [1.29, 1.82) is 0 Å². The average molecular weight is 719 g/mol. The number of H-pyrrole nitrogens is 2. The molecular weight excluding hydrogens is 681 g/mol. The molecule has 0 saturated carbocycles. The van der Waals surface area contributed by atoms with Gasteiger partial charge in [0, 0.05) is 44.3 Å². The van der Waals surface area contributed by atoms with Gasteiger partial charge in [0.2, 0.25) is 0 Å². The maximum atomic E-state index is 5.43. The molecule has 56 heavy (non-hydrogen) atoms. The fourth-order valence-corrected chi connectivity index (χ4v) is 7.70. The highest BCUT2D eigenvalue weighted by Crippen LogP contribution is 2.39. The van der Waals surface area contributed by atoms with Crippen molar-refractivity contribution in [3.8, 4) is 44.5 Å². The molecule has 0 saturated heterocycles. The van der Waals surface area contributed by atoms with Gasteiger partial charge in [-0.2, -0.15) is 0 Å². The standard InChI is InChI=1S/C52H38N4/c1-5-33-13-9-17-37(29-33)49-41-21-23-43(53-41)50(38-18-10-14-34(6-2)30-38)45-25-27-47(55-45)52(40-20-12-16-36(8-4)32-40)48-28-26-46(56-48)51(44-24-22-42(49)54-44)39-19-11-15-35(7-3)31-39/h5-32,53,56H,1-4H2. The van der Waals surface area contributed by atoms with Crippen LogP contribution in [0, 0.1) is 0 Å². The lowest BCUT2D eigenvalue weighted by atomic mass is 10.0. The average Bonchev–Trinajstić information content (AvgIpc) is 4.09. The van der Waals surface area contributed by atoms with E-state index in [0.29, 0.717) is 0 Å². The number of aromatic amines is 2. The minimum Gasteiger partial charge on any atom is -0.354 e. The van der Waals surface area contributed by atoms with Crippen LogP contribution in [0.4, 0.5) is 0 Å². The minimum absolute atomic E-state index is 0.850. The Morgan fingerprint density at radius 1 is 0.339 bits per heavy atom. The molecule has 0 fully saturated rings. The summed E-state index contributed by atoms with van der Waals surface area (Å²) in [6.07, 6.45) is 16.0. The van der Waals surface area contributed by atoms with Gasteiger partial charge in [-0.25, -0.2) is 9.97 Å². The summed E-state index contributed by atoms with van der Waals surface area (Å²) < 4.78 is 0. The Balaban J connectivity index is 1.49. The summed E-state index contributed by atoms with van der Waals surface area (Å²) in [5.41, 5.74) is 19.3. The molecule has 7 aromatic rings. The third-order valence-corrected chi connectivity index (χ3v) is 10.4. The normalized spacial score (nSPS) is 11.7. The lowest BCUT2D eigenvalue weighted by Crippen LogP contribution is -1.90. The summed E-state index contributed by atoms with van der Waals surface area (Å²) in [5.74, 6) is 0. The third-order valence-electron chi connectivity index (χ3n) is 10.4. The van der Waals surface area contributed by atoms with Crippen LogP contribution in [0.5, 0.6) is 0 Å². The molecule has 3 aromatic heterocycles. The molecule has 4 nitrogen and oxygen atoms in total. The zero-order valence-corrected chi connectivity index (χ0v) is 30.9. The zero-order valence-electron chi connectivity index (χ0n) is 30.9. The van der Waals surface area contributed by atoms with Gasteiger partial charge in [-0.05, 0) is 117 Å². The molecule has 0 aliphatic carbocycles. The van der Waals surface area contributed by atoms with Crippen molar-refractivity contribution in [2.45, 2.75) is 0 Å². The molecule has 2 aliphatic heterocycles. The van der Waals surface area contributed by atoms with Crippen molar-refractivity contribution in [3.63, 3.8) is 0 Å². The Labute approximate surface area is 326 Å². The predicted octanol–water partition coefficient (Wildman–Crippen LogP) is 13.9. The number of benzene rings is 4. The first-order valence-electron chi connectivity index (χ1n) is 18.6. The molecule has 0 radical (unpaired) electrons. The molecule has 266 valence electrons. The molecule has 2 aliphatic rings. The van der Waals surface area contributed by atoms with Gasteiger partial charge in [0.1, 0.15) is 0 Å². The van der Waals surface area contributed by atoms with E-state index in [1.165, 1.54) is 0 Å². The second-order valence-corrected chi connectivity index (χ2v) is 13.8. The first-order valence-corrected chi connectivity index (χ1v) is 18.6. The molecule has 0 amide bonds. The highest BCUT2D eigenvalue weighted by molar-refractivity contribution is 6.00. The second kappa shape index (κ2) is 14.3. The van der Waals surface area contributed by atoms with Gasteiger partial charge in [-0.1, -0.05) is 123 Å². The molecule has 8 bridgehead atoms. The van der Waals surface area contributed by atoms with E-state index in [9.17, 15) is 0 Å². The van der Waals surface area contributed by atoms with Gasteiger partial charge in [-0.15, -0.1) is 0 Å². The first kappa shape index (κ1) is 34.2. The largest absolute Gasteiger partial charge is 0.354 e. The number of nitrogens with zero attached hydrogens (tertiary/aromatic N) is 2. The smallest absolute Gasteiger partial charge is 0.0737 e. The highest BCUT2D eigenvalue weighted by atomic mass is 14.8. The van der Waals surface area contributed by atoms with Crippen LogP contribution in [0.3, 0.4) is 0 Å². The topological polar surface area (TPSA) is 57.4 Å². The second-order valence-electron chi connectivity index (χ2n) is 13.8. The van der Waals surface area contributed by atoms with Crippen LogP contribution in [0.25, 0.3) is 115 Å². The first-order chi connectivity index (χ1) is 27.5. The molecular formula is C52H38N4. The summed E-state index contributed by atoms with van der Waals surface area (Å²) in [6.45, 7) is 16.2. The molecule has 4 heteroatoms. The van der Waals surface area contributed by atoms with E-state index >= 15 is 0 Å². The maximum absolute atomic E-state index is 5.43. The quantitative estimate of drug-likeness (QED) is 0.164. The van der Waals surface area contributed by atoms with E-state index in [1.807, 2.05) is 24.3 Å². The SMILES string of the molecule is C=Cc1cccc(-c2c3nc(c(-c4cccc(C=C)c4)c4ccc([nH]4)c(-c4cccc(C=C)c4)c4nc(c(-c5cccc(C=C)c5)c5ccc2[nH]5)C=C4)C=C3)c1. The van der Waals surface area contributed by atoms with Crippen LogP contribution in [0.2, 0.25) is 0 Å². The molecule has 0 unspecified atom stereocenters. The van der Waals surface area contributed by atoms with Gasteiger partial charge in [0.15, 0.2) is 0 Å². The van der Waals surface area contributed by atoms with Gasteiger partial charge in [0.25, 0.3) is 0 Å². The van der Waals surface area contributed by atoms with Crippen LogP contribution < -0.4 is 0 Å². The van der Waals surface area contributed by atoms with E-state index in [2.05, 4.69) is 182 Å². The summed E-state index contributed by atoms with van der Waals surface area (Å²) >= 11 is 0. The molecule has 0 atom stereocenters. The Kier molecular flexibility index (Phi) is 8.77. The van der Waals surface area contributed by atoms with Crippen molar-refractivity contribution >= 4 is 70.7 Å².